The fraction of sp³-hybridized carbons (Fsp3) is 0.111. The third kappa shape index (κ3) is 1.53. The molecule has 0 atom stereocenters. The van der Waals surface area contributed by atoms with E-state index in [1.165, 1.54) is 0 Å². The Labute approximate surface area is 60.6 Å². The van der Waals surface area contributed by atoms with E-state index in [-0.39, 0.29) is 0 Å². The van der Waals surface area contributed by atoms with E-state index < -0.39 is 0 Å². The molecule has 0 N–H and O–H groups in total. The largest absolute Gasteiger partial charge is 0.408 e. The summed E-state index contributed by atoms with van der Waals surface area (Å²) in [6.45, 7) is 1.99. The van der Waals surface area contributed by atoms with Gasteiger partial charge in [-0.05, 0) is 24.6 Å². The number of rotatable bonds is 1. The van der Waals surface area contributed by atoms with Crippen LogP contribution in [0.4, 0.5) is 0 Å². The molecule has 0 spiro atoms. The van der Waals surface area contributed by atoms with Gasteiger partial charge in [0.2, 0.25) is 0 Å². The third-order valence-electron chi connectivity index (χ3n) is 1.17. The molecule has 1 aromatic rings. The first-order chi connectivity index (χ1) is 4.83. The van der Waals surface area contributed by atoms with Crippen LogP contribution in [0, 0.1) is 19.5 Å². The van der Waals surface area contributed by atoms with Gasteiger partial charge >= 0.3 is 0 Å². The molecule has 0 amide bonds. The zero-order valence-corrected chi connectivity index (χ0v) is 5.79. The van der Waals surface area contributed by atoms with Crippen molar-refractivity contribution in [2.45, 2.75) is 6.92 Å². The lowest BCUT2D eigenvalue weighted by atomic mass is 10.2. The van der Waals surface area contributed by atoms with Gasteiger partial charge < -0.3 is 4.74 Å². The molecule has 1 heteroatoms. The minimum absolute atomic E-state index is 0.725. The van der Waals surface area contributed by atoms with Gasteiger partial charge in [-0.3, -0.25) is 0 Å². The number of benzene rings is 1. The number of hydrogen-bond acceptors (Lipinski definition) is 1. The van der Waals surface area contributed by atoms with Crippen molar-refractivity contribution in [1.82, 2.24) is 0 Å². The topological polar surface area (TPSA) is 9.23 Å². The van der Waals surface area contributed by atoms with Gasteiger partial charge in [0.05, 0.1) is 0 Å². The number of terminal acetylenes is 1. The van der Waals surface area contributed by atoms with Gasteiger partial charge in [-0.2, -0.15) is 0 Å². The molecular formula is C9H8O. The predicted octanol–water partition coefficient (Wildman–Crippen LogP) is 1.96. The molecule has 1 rings (SSSR count). The maximum Gasteiger partial charge on any atom is 0.140 e. The predicted molar refractivity (Wildman–Crippen MR) is 40.6 cm³/mol. The van der Waals surface area contributed by atoms with Crippen molar-refractivity contribution in [3.05, 3.63) is 29.8 Å². The molecule has 0 aliphatic heterocycles. The highest BCUT2D eigenvalue weighted by molar-refractivity contribution is 5.28. The molecule has 1 nitrogen and oxygen atoms in total. The van der Waals surface area contributed by atoms with E-state index in [1.807, 2.05) is 31.2 Å². The quantitative estimate of drug-likeness (QED) is 0.531. The minimum Gasteiger partial charge on any atom is -0.408 e. The molecule has 0 unspecified atom stereocenters. The van der Waals surface area contributed by atoms with E-state index in [1.54, 1.807) is 0 Å². The molecule has 50 valence electrons. The van der Waals surface area contributed by atoms with E-state index in [2.05, 4.69) is 6.11 Å². The Morgan fingerprint density at radius 3 is 2.90 bits per heavy atom. The van der Waals surface area contributed by atoms with E-state index >= 15 is 0 Å². The van der Waals surface area contributed by atoms with Crippen LogP contribution in [0.1, 0.15) is 5.56 Å². The van der Waals surface area contributed by atoms with E-state index in [9.17, 15) is 0 Å². The normalized spacial score (nSPS) is 8.40. The lowest BCUT2D eigenvalue weighted by molar-refractivity contribution is 0.520. The number of ether oxygens (including phenoxy) is 1. The van der Waals surface area contributed by atoms with E-state index in [0.29, 0.717) is 0 Å². The highest BCUT2D eigenvalue weighted by Crippen LogP contribution is 2.11. The Morgan fingerprint density at radius 2 is 2.30 bits per heavy atom. The molecule has 0 aliphatic rings. The van der Waals surface area contributed by atoms with Gasteiger partial charge in [-0.15, -0.1) is 0 Å². The van der Waals surface area contributed by atoms with E-state index in [4.69, 9.17) is 11.2 Å². The molecule has 0 aliphatic carbocycles. The molecule has 0 fully saturated rings. The van der Waals surface area contributed by atoms with Crippen LogP contribution in [0.5, 0.6) is 5.75 Å². The van der Waals surface area contributed by atoms with Gasteiger partial charge in [0.25, 0.3) is 0 Å². The molecular weight excluding hydrogens is 124 g/mol. The summed E-state index contributed by atoms with van der Waals surface area (Å²) in [6, 6.07) is 7.61. The number of aryl methyl sites for hydroxylation is 1. The Hall–Kier alpha value is -1.42. The Balaban J connectivity index is 2.87. The molecule has 0 heterocycles. The van der Waals surface area contributed by atoms with Crippen molar-refractivity contribution in [1.29, 1.82) is 0 Å². The van der Waals surface area contributed by atoms with Gasteiger partial charge in [0.15, 0.2) is 0 Å². The van der Waals surface area contributed by atoms with Gasteiger partial charge in [0, 0.05) is 0 Å². The van der Waals surface area contributed by atoms with Crippen LogP contribution in [-0.2, 0) is 0 Å². The van der Waals surface area contributed by atoms with Crippen LogP contribution in [0.2, 0.25) is 0 Å². The maximum absolute atomic E-state index is 4.94. The highest BCUT2D eigenvalue weighted by Gasteiger charge is 1.88. The lowest BCUT2D eigenvalue weighted by Gasteiger charge is -1.96. The van der Waals surface area contributed by atoms with Crippen molar-refractivity contribution in [3.8, 4) is 18.3 Å². The number of hydrogen-bond donors (Lipinski definition) is 0. The summed E-state index contributed by atoms with van der Waals surface area (Å²) in [7, 11) is 0. The van der Waals surface area contributed by atoms with Crippen molar-refractivity contribution >= 4 is 0 Å². The standard InChI is InChI=1S/C9H8O/c1-3-10-9-6-4-5-8(2)7-9/h1,4-7H,2H3. The summed E-state index contributed by atoms with van der Waals surface area (Å²) in [5.41, 5.74) is 1.15. The summed E-state index contributed by atoms with van der Waals surface area (Å²) >= 11 is 0. The summed E-state index contributed by atoms with van der Waals surface area (Å²) in [6.07, 6.45) is 7.05. The second kappa shape index (κ2) is 2.93. The molecule has 0 saturated carbocycles. The fourth-order valence-corrected chi connectivity index (χ4v) is 0.747. The average Bonchev–Trinajstić information content (AvgIpc) is 1.88. The summed E-state index contributed by atoms with van der Waals surface area (Å²) < 4.78 is 4.81. The van der Waals surface area contributed by atoms with Crippen LogP contribution in [0.15, 0.2) is 24.3 Å². The van der Waals surface area contributed by atoms with Crippen LogP contribution in [-0.4, -0.2) is 0 Å². The smallest absolute Gasteiger partial charge is 0.140 e. The fourth-order valence-electron chi connectivity index (χ4n) is 0.747. The molecule has 10 heavy (non-hydrogen) atoms. The molecule has 0 saturated heterocycles. The van der Waals surface area contributed by atoms with Crippen molar-refractivity contribution in [2.75, 3.05) is 0 Å². The van der Waals surface area contributed by atoms with Crippen LogP contribution in [0.25, 0.3) is 0 Å². The van der Waals surface area contributed by atoms with Crippen molar-refractivity contribution in [3.63, 3.8) is 0 Å². The zero-order chi connectivity index (χ0) is 7.40. The summed E-state index contributed by atoms with van der Waals surface area (Å²) in [5.74, 6) is 0.725. The van der Waals surface area contributed by atoms with Crippen LogP contribution < -0.4 is 4.74 Å². The SMILES string of the molecule is C#COc1cccc(C)c1. The van der Waals surface area contributed by atoms with Gasteiger partial charge in [0.1, 0.15) is 11.9 Å². The van der Waals surface area contributed by atoms with Crippen LogP contribution in [0.3, 0.4) is 0 Å². The first kappa shape index (κ1) is 6.70. The first-order valence-electron chi connectivity index (χ1n) is 3.02. The molecule has 0 bridgehead atoms. The first-order valence-corrected chi connectivity index (χ1v) is 3.02. The Morgan fingerprint density at radius 1 is 1.50 bits per heavy atom. The Bertz CT molecular complexity index is 258. The monoisotopic (exact) mass is 132 g/mol. The van der Waals surface area contributed by atoms with Gasteiger partial charge in [-0.1, -0.05) is 18.6 Å². The second-order valence-corrected chi connectivity index (χ2v) is 2.04. The van der Waals surface area contributed by atoms with Crippen molar-refractivity contribution < 1.29 is 4.74 Å². The summed E-state index contributed by atoms with van der Waals surface area (Å²) in [4.78, 5) is 0. The molecule has 1 aromatic carbocycles. The third-order valence-corrected chi connectivity index (χ3v) is 1.17. The molecule has 0 aromatic heterocycles. The van der Waals surface area contributed by atoms with Crippen molar-refractivity contribution in [2.24, 2.45) is 0 Å². The summed E-state index contributed by atoms with van der Waals surface area (Å²) in [5, 5.41) is 0. The highest BCUT2D eigenvalue weighted by atomic mass is 16.5. The van der Waals surface area contributed by atoms with Gasteiger partial charge in [-0.25, -0.2) is 0 Å². The van der Waals surface area contributed by atoms with Crippen LogP contribution >= 0.6 is 0 Å². The zero-order valence-electron chi connectivity index (χ0n) is 5.79. The Kier molecular flexibility index (Phi) is 1.96. The lowest BCUT2D eigenvalue weighted by Crippen LogP contribution is -1.81. The minimum atomic E-state index is 0.725. The second-order valence-electron chi connectivity index (χ2n) is 2.04. The molecule has 0 radical (unpaired) electrons. The average molecular weight is 132 g/mol. The maximum atomic E-state index is 4.94. The van der Waals surface area contributed by atoms with E-state index in [0.717, 1.165) is 11.3 Å².